The Kier molecular flexibility index (Phi) is 35.9. The van der Waals surface area contributed by atoms with Crippen LogP contribution in [-0.4, -0.2) is 109 Å². The number of fused-ring (bicyclic) bond motifs is 3. The third kappa shape index (κ3) is 29.6. The maximum atomic E-state index is 12.2. The van der Waals surface area contributed by atoms with E-state index in [1.807, 2.05) is 112 Å². The molecule has 0 aliphatic carbocycles. The number of carbonyl (C=O) groups excluding carboxylic acids is 8. The standard InChI is InChI=1S/C32H35N3O7.C27H27N3O5.C20H22N2O4.C12H15NO4.Li.H2O/c1-6-39-29(37)16-23-7-8-25(35-20(2)36)17-28(23)41-19-21-13-24-10-12-40-30(24)27(14-21)22-9-11-33-26(15-22)18-34-31(38)42-32(3,4)5;1-3-33-26(32)13-20-4-5-22(30-17(2)31)14-25(20)35-16-18-10-21-7-9-34-27(21)24(11-18)19-6-8-29-23(12-19)15-28;1-20(2,3)26-19(24)22-11-16-10-14(4-6-21-16)17-9-13(12-23)8-15-5-7-25-18(15)17;1-3-17-12(16)6-9-4-5-10(7-11(9)15)13-8(2)14;;/h7-15,17H,6,16,18-19H2,1-5H3,(H,34,38)(H,35,36);4-12,14H,3,13,15-16,28H2,1-2H3,(H,30,31);4-10,23H,11-12H2,1-3H3,(H,22,24);4-5,7,15H,3,6H2,1-2H3,(H,13,14);;1H2/q;;;;+1;/p-1. The molecular weight excluding hydrogens is 1560 g/mol. The van der Waals surface area contributed by atoms with Gasteiger partial charge in [0.15, 0.2) is 0 Å². The number of benzene rings is 6. The number of amides is 5. The van der Waals surface area contributed by atoms with E-state index in [1.165, 1.54) is 26.8 Å². The van der Waals surface area contributed by atoms with Gasteiger partial charge < -0.3 is 94.4 Å². The van der Waals surface area contributed by atoms with E-state index in [2.05, 4.69) is 41.5 Å². The molecule has 0 aliphatic heterocycles. The number of pyridine rings is 3. The van der Waals surface area contributed by atoms with Crippen molar-refractivity contribution >= 4 is 97.8 Å². The molecule has 12 rings (SSSR count). The zero-order chi connectivity index (χ0) is 86.6. The number of ether oxygens (including phenoxy) is 7. The molecule has 122 heavy (non-hydrogen) atoms. The minimum Gasteiger partial charge on any atom is -0.870 e. The fourth-order valence-electron chi connectivity index (χ4n) is 12.2. The normalized spacial score (nSPS) is 10.8. The topological polar surface area (TPSA) is 436 Å². The number of hydrogen-bond acceptors (Lipinski definition) is 25. The second kappa shape index (κ2) is 45.7. The molecule has 12 aromatic rings. The molecule has 0 aliphatic rings. The van der Waals surface area contributed by atoms with Crippen molar-refractivity contribution in [2.24, 2.45) is 5.73 Å². The largest absolute Gasteiger partial charge is 1.00 e. The van der Waals surface area contributed by atoms with Gasteiger partial charge in [0.2, 0.25) is 17.7 Å². The van der Waals surface area contributed by atoms with Crippen LogP contribution in [0.15, 0.2) is 196 Å². The summed E-state index contributed by atoms with van der Waals surface area (Å²) in [5, 5.41) is 35.4. The van der Waals surface area contributed by atoms with Crippen LogP contribution in [0.3, 0.4) is 0 Å². The maximum absolute atomic E-state index is 12.2. The van der Waals surface area contributed by atoms with Gasteiger partial charge in [0.05, 0.1) is 94.7 Å². The monoisotopic (exact) mass is 1660 g/mol. The molecule has 636 valence electrons. The predicted octanol–water partition coefficient (Wildman–Crippen LogP) is 13.1. The zero-order valence-corrected chi connectivity index (χ0v) is 70.4. The molecule has 31 heteroatoms. The molecule has 5 amide bonds. The molecule has 0 radical (unpaired) electrons. The summed E-state index contributed by atoms with van der Waals surface area (Å²) < 4.78 is 55.1. The van der Waals surface area contributed by atoms with Crippen molar-refractivity contribution in [1.82, 2.24) is 25.6 Å². The number of aliphatic hydroxyl groups is 1. The first-order valence-electron chi connectivity index (χ1n) is 38.6. The Morgan fingerprint density at radius 2 is 0.770 bits per heavy atom. The van der Waals surface area contributed by atoms with E-state index in [0.29, 0.717) is 82.0 Å². The van der Waals surface area contributed by atoms with Gasteiger partial charge in [-0.1, -0.05) is 18.2 Å². The smallest absolute Gasteiger partial charge is 0.870 e. The third-order valence-electron chi connectivity index (χ3n) is 17.1. The van der Waals surface area contributed by atoms with Crippen LogP contribution in [0.1, 0.15) is 134 Å². The predicted molar refractivity (Wildman–Crippen MR) is 454 cm³/mol. The number of aromatic nitrogens is 3. The summed E-state index contributed by atoms with van der Waals surface area (Å²) in [6.45, 7) is 22.4. The van der Waals surface area contributed by atoms with E-state index >= 15 is 0 Å². The number of nitrogens with one attached hydrogen (secondary N) is 5. The van der Waals surface area contributed by atoms with Gasteiger partial charge in [0.1, 0.15) is 58.4 Å². The average Bonchev–Trinajstić information content (AvgIpc) is 1.55. The Bertz CT molecular complexity index is 5610. The number of hydrogen-bond donors (Lipinski definition) is 8. The Labute approximate surface area is 717 Å². The zero-order valence-electron chi connectivity index (χ0n) is 70.4. The van der Waals surface area contributed by atoms with E-state index in [4.69, 9.17) is 52.1 Å². The van der Waals surface area contributed by atoms with Gasteiger partial charge in [0, 0.05) is 131 Å². The molecule has 30 nitrogen and oxygen atoms in total. The van der Waals surface area contributed by atoms with Gasteiger partial charge in [-0.3, -0.25) is 43.7 Å². The molecule has 10 N–H and O–H groups in total. The molecular formula is C91H100LiN9O21. The van der Waals surface area contributed by atoms with Gasteiger partial charge in [-0.25, -0.2) is 9.59 Å². The van der Waals surface area contributed by atoms with Gasteiger partial charge in [-0.15, -0.1) is 0 Å². The number of furan rings is 3. The molecule has 0 saturated heterocycles. The summed E-state index contributed by atoms with van der Waals surface area (Å²) >= 11 is 0. The van der Waals surface area contributed by atoms with Crippen molar-refractivity contribution < 1.29 is 119 Å². The first-order chi connectivity index (χ1) is 57.3. The van der Waals surface area contributed by atoms with Crippen LogP contribution in [0.5, 0.6) is 17.2 Å². The molecule has 0 fully saturated rings. The van der Waals surface area contributed by atoms with E-state index in [0.717, 1.165) is 83.1 Å². The first-order valence-corrected chi connectivity index (χ1v) is 38.6. The molecule has 0 saturated carbocycles. The van der Waals surface area contributed by atoms with Crippen LogP contribution in [-0.2, 0) is 111 Å². The summed E-state index contributed by atoms with van der Waals surface area (Å²) in [7, 11) is 0. The number of phenolic OH excluding ortho intramolecular Hbond substituents is 1. The van der Waals surface area contributed by atoms with E-state index in [1.54, 1.807) is 127 Å². The van der Waals surface area contributed by atoms with Crippen molar-refractivity contribution in [2.45, 2.75) is 153 Å². The molecule has 6 aromatic carbocycles. The number of esters is 3. The SMILES string of the molecule is CC(C)(C)OC(=O)NCc1cc(-c2cc(CO)cc3ccoc23)ccn1.CCOC(=O)Cc1ccc(NC(C)=O)cc1O.CCOC(=O)Cc1ccc(NC(C)=O)cc1OCc1cc(-c2ccnc(CN)c2)c2occc2c1.CCOC(=O)Cc1ccc(NC(C)=O)cc1OCc1cc(-c2ccnc(CNC(=O)OC(C)(C)C)c2)c2occc2c1.[Li+].[OH-]. The van der Waals surface area contributed by atoms with Gasteiger partial charge in [-0.2, -0.15) is 0 Å². The quantitative estimate of drug-likeness (QED) is 0.0135. The number of aromatic hydroxyl groups is 1. The van der Waals surface area contributed by atoms with Crippen molar-refractivity contribution in [3.8, 4) is 50.6 Å². The van der Waals surface area contributed by atoms with Crippen molar-refractivity contribution in [3.63, 3.8) is 0 Å². The summed E-state index contributed by atoms with van der Waals surface area (Å²) in [6, 6.07) is 43.7. The van der Waals surface area contributed by atoms with E-state index < -0.39 is 29.4 Å². The van der Waals surface area contributed by atoms with E-state index in [-0.39, 0.29) is 119 Å². The molecule has 0 atom stereocenters. The summed E-state index contributed by atoms with van der Waals surface area (Å²) in [4.78, 5) is 106. The molecule has 0 bridgehead atoms. The summed E-state index contributed by atoms with van der Waals surface area (Å²) in [5.74, 6) is -0.825. The number of nitrogens with zero attached hydrogens (tertiary/aromatic N) is 3. The summed E-state index contributed by atoms with van der Waals surface area (Å²) in [5.41, 5.74) is 20.2. The average molecular weight is 1660 g/mol. The molecule has 6 heterocycles. The fraction of sp³-hybridized carbons (Fsp3) is 0.286. The van der Waals surface area contributed by atoms with Gasteiger partial charge in [-0.05, 0) is 205 Å². The van der Waals surface area contributed by atoms with Gasteiger partial charge >= 0.3 is 49.0 Å². The van der Waals surface area contributed by atoms with Crippen molar-refractivity contribution in [3.05, 3.63) is 233 Å². The number of aliphatic hydroxyl groups excluding tert-OH is 1. The molecule has 0 spiro atoms. The van der Waals surface area contributed by atoms with Crippen LogP contribution < -0.4 is 60.7 Å². The number of nitrogens with two attached hydrogens (primary N) is 1. The number of rotatable bonds is 27. The van der Waals surface area contributed by atoms with Gasteiger partial charge in [0.25, 0.3) is 0 Å². The maximum Gasteiger partial charge on any atom is 1.00 e. The minimum atomic E-state index is -0.600. The van der Waals surface area contributed by atoms with Crippen molar-refractivity contribution in [1.29, 1.82) is 0 Å². The van der Waals surface area contributed by atoms with E-state index in [9.17, 15) is 48.6 Å². The molecule has 6 aromatic heterocycles. The van der Waals surface area contributed by atoms with Crippen LogP contribution in [0.25, 0.3) is 66.3 Å². The minimum absolute atomic E-state index is 0. The Morgan fingerprint density at radius 1 is 0.434 bits per heavy atom. The fourth-order valence-corrected chi connectivity index (χ4v) is 12.2. The van der Waals surface area contributed by atoms with Crippen LogP contribution in [0.4, 0.5) is 26.7 Å². The second-order valence-corrected chi connectivity index (χ2v) is 29.2. The number of alkyl carbamates (subject to hydrolysis) is 2. The Balaban J connectivity index is 0.000000232. The van der Waals surface area contributed by atoms with Crippen molar-refractivity contribution in [2.75, 3.05) is 35.8 Å². The molecule has 0 unspecified atom stereocenters. The Hall–Kier alpha value is -13.4. The van der Waals surface area contributed by atoms with Crippen LogP contribution >= 0.6 is 0 Å². The third-order valence-corrected chi connectivity index (χ3v) is 17.1. The van der Waals surface area contributed by atoms with Crippen LogP contribution in [0.2, 0.25) is 0 Å². The van der Waals surface area contributed by atoms with Crippen LogP contribution in [0, 0.1) is 0 Å². The number of phenols is 1. The summed E-state index contributed by atoms with van der Waals surface area (Å²) in [6.07, 6.45) is 9.09. The second-order valence-electron chi connectivity index (χ2n) is 29.2. The number of anilines is 3. The Morgan fingerprint density at radius 3 is 1.11 bits per heavy atom. The number of carbonyl (C=O) groups is 8. The first kappa shape index (κ1) is 95.8.